The Labute approximate surface area is 131 Å². The average Bonchev–Trinajstić information content (AvgIpc) is 2.66. The summed E-state index contributed by atoms with van der Waals surface area (Å²) in [7, 11) is 0. The lowest BCUT2D eigenvalue weighted by molar-refractivity contribution is -0.138. The average molecular weight is 308 g/mol. The van der Waals surface area contributed by atoms with E-state index in [0.717, 1.165) is 44.9 Å². The molecule has 0 aromatic heterocycles. The molecule has 5 heteroatoms. The lowest BCUT2D eigenvalue weighted by Crippen LogP contribution is -2.34. The molecule has 1 N–H and O–H groups in total. The third-order valence-corrected chi connectivity index (χ3v) is 4.73. The van der Waals surface area contributed by atoms with Crippen LogP contribution in [0.15, 0.2) is 29.2 Å². The molecule has 1 aromatic rings. The Hall–Kier alpha value is -1.04. The number of benzene rings is 1. The van der Waals surface area contributed by atoms with Crippen LogP contribution in [0.2, 0.25) is 0 Å². The molecule has 0 atom stereocenters. The zero-order chi connectivity index (χ0) is 15.1. The zero-order valence-electron chi connectivity index (χ0n) is 12.6. The maximum absolute atomic E-state index is 10.8. The highest BCUT2D eigenvalue weighted by Crippen LogP contribution is 2.18. The van der Waals surface area contributed by atoms with Gasteiger partial charge in [-0.3, -0.25) is 9.69 Å². The van der Waals surface area contributed by atoms with Crippen molar-refractivity contribution in [2.75, 3.05) is 45.0 Å². The topological polar surface area (TPSA) is 43.8 Å². The van der Waals surface area contributed by atoms with Crippen molar-refractivity contribution in [3.63, 3.8) is 0 Å². The molecule has 0 radical (unpaired) electrons. The monoisotopic (exact) mass is 308 g/mol. The molecular formula is C16H24N2O2S. The van der Waals surface area contributed by atoms with E-state index in [0.29, 0.717) is 0 Å². The van der Waals surface area contributed by atoms with Gasteiger partial charge < -0.3 is 10.0 Å². The van der Waals surface area contributed by atoms with Crippen LogP contribution in [-0.4, -0.2) is 65.9 Å². The quantitative estimate of drug-likeness (QED) is 0.816. The van der Waals surface area contributed by atoms with Crippen molar-refractivity contribution in [3.05, 3.63) is 29.8 Å². The van der Waals surface area contributed by atoms with Gasteiger partial charge in [0.2, 0.25) is 0 Å². The molecule has 4 nitrogen and oxygen atoms in total. The minimum Gasteiger partial charge on any atom is -0.480 e. The molecule has 1 aromatic carbocycles. The van der Waals surface area contributed by atoms with Crippen molar-refractivity contribution >= 4 is 17.7 Å². The molecule has 1 fully saturated rings. The van der Waals surface area contributed by atoms with Crippen LogP contribution in [0.3, 0.4) is 0 Å². The Morgan fingerprint density at radius 2 is 1.81 bits per heavy atom. The summed E-state index contributed by atoms with van der Waals surface area (Å²) in [6, 6.07) is 8.66. The van der Waals surface area contributed by atoms with Gasteiger partial charge in [0.15, 0.2) is 0 Å². The number of carboxylic acid groups (broad SMARTS) is 1. The third-order valence-electron chi connectivity index (χ3n) is 3.74. The van der Waals surface area contributed by atoms with Crippen LogP contribution in [0.25, 0.3) is 0 Å². The molecule has 1 aliphatic heterocycles. The van der Waals surface area contributed by atoms with Crippen LogP contribution >= 0.6 is 11.8 Å². The first kappa shape index (κ1) is 16.3. The van der Waals surface area contributed by atoms with Gasteiger partial charge in [0, 0.05) is 36.8 Å². The summed E-state index contributed by atoms with van der Waals surface area (Å²) in [6.07, 6.45) is 1.06. The van der Waals surface area contributed by atoms with E-state index in [1.807, 2.05) is 16.7 Å². The largest absolute Gasteiger partial charge is 0.480 e. The van der Waals surface area contributed by atoms with Crippen LogP contribution < -0.4 is 0 Å². The maximum Gasteiger partial charge on any atom is 0.317 e. The van der Waals surface area contributed by atoms with Gasteiger partial charge in [-0.2, -0.15) is 0 Å². The van der Waals surface area contributed by atoms with Crippen LogP contribution in [0, 0.1) is 6.92 Å². The molecule has 1 aliphatic rings. The highest BCUT2D eigenvalue weighted by Gasteiger charge is 2.16. The summed E-state index contributed by atoms with van der Waals surface area (Å²) in [4.78, 5) is 16.6. The molecule has 0 saturated carbocycles. The number of rotatable bonds is 6. The Morgan fingerprint density at radius 3 is 2.52 bits per heavy atom. The first-order valence-corrected chi connectivity index (χ1v) is 8.48. The van der Waals surface area contributed by atoms with Gasteiger partial charge in [0.25, 0.3) is 0 Å². The van der Waals surface area contributed by atoms with Gasteiger partial charge in [0.05, 0.1) is 6.54 Å². The van der Waals surface area contributed by atoms with E-state index in [1.54, 1.807) is 0 Å². The molecule has 21 heavy (non-hydrogen) atoms. The first-order valence-electron chi connectivity index (χ1n) is 7.49. The maximum atomic E-state index is 10.8. The highest BCUT2D eigenvalue weighted by molar-refractivity contribution is 7.99. The molecular weight excluding hydrogens is 284 g/mol. The van der Waals surface area contributed by atoms with Crippen molar-refractivity contribution < 1.29 is 9.90 Å². The van der Waals surface area contributed by atoms with Gasteiger partial charge in [-0.15, -0.1) is 11.8 Å². The number of hydrogen-bond donors (Lipinski definition) is 1. The minimum absolute atomic E-state index is 0.173. The van der Waals surface area contributed by atoms with Crippen LogP contribution in [0.5, 0.6) is 0 Å². The summed E-state index contributed by atoms with van der Waals surface area (Å²) in [6.45, 7) is 7.15. The number of hydrogen-bond acceptors (Lipinski definition) is 4. The van der Waals surface area contributed by atoms with Crippen LogP contribution in [-0.2, 0) is 4.79 Å². The summed E-state index contributed by atoms with van der Waals surface area (Å²) in [5.41, 5.74) is 1.30. The van der Waals surface area contributed by atoms with Crippen LogP contribution in [0.1, 0.15) is 12.0 Å². The lowest BCUT2D eigenvalue weighted by atomic mass is 10.2. The predicted molar refractivity (Wildman–Crippen MR) is 87.0 cm³/mol. The molecule has 1 saturated heterocycles. The van der Waals surface area contributed by atoms with Crippen molar-refractivity contribution in [3.8, 4) is 0 Å². The number of nitrogens with zero attached hydrogens (tertiary/aromatic N) is 2. The second kappa shape index (κ2) is 8.41. The Balaban J connectivity index is 1.69. The molecule has 116 valence electrons. The Kier molecular flexibility index (Phi) is 6.54. The summed E-state index contributed by atoms with van der Waals surface area (Å²) in [5.74, 6) is 0.362. The molecule has 1 heterocycles. The van der Waals surface area contributed by atoms with Gasteiger partial charge in [-0.05, 0) is 32.0 Å². The van der Waals surface area contributed by atoms with Gasteiger partial charge in [-0.25, -0.2) is 0 Å². The lowest BCUT2D eigenvalue weighted by Gasteiger charge is -2.20. The number of thioether (sulfide) groups is 1. The fourth-order valence-corrected chi connectivity index (χ4v) is 3.44. The van der Waals surface area contributed by atoms with Gasteiger partial charge >= 0.3 is 5.97 Å². The second-order valence-electron chi connectivity index (χ2n) is 5.53. The van der Waals surface area contributed by atoms with E-state index in [2.05, 4.69) is 36.1 Å². The summed E-state index contributed by atoms with van der Waals surface area (Å²) in [5, 5.41) is 8.85. The van der Waals surface area contributed by atoms with Gasteiger partial charge in [0.1, 0.15) is 0 Å². The Bertz CT molecular complexity index is 450. The predicted octanol–water partition coefficient (Wildman–Crippen LogP) is 2.18. The summed E-state index contributed by atoms with van der Waals surface area (Å²) < 4.78 is 0. The number of carbonyl (C=O) groups is 1. The molecule has 2 rings (SSSR count). The fourth-order valence-electron chi connectivity index (χ4n) is 2.52. The normalized spacial score (nSPS) is 17.6. The smallest absolute Gasteiger partial charge is 0.317 e. The van der Waals surface area contributed by atoms with E-state index in [9.17, 15) is 4.79 Å². The van der Waals surface area contributed by atoms with Gasteiger partial charge in [-0.1, -0.05) is 17.7 Å². The van der Waals surface area contributed by atoms with Crippen molar-refractivity contribution in [1.29, 1.82) is 0 Å². The third kappa shape index (κ3) is 6.08. The minimum atomic E-state index is -0.724. The van der Waals surface area contributed by atoms with E-state index in [-0.39, 0.29) is 6.54 Å². The summed E-state index contributed by atoms with van der Waals surface area (Å²) >= 11 is 1.89. The van der Waals surface area contributed by atoms with E-state index < -0.39 is 5.97 Å². The van der Waals surface area contributed by atoms with E-state index >= 15 is 0 Å². The van der Waals surface area contributed by atoms with Crippen molar-refractivity contribution in [2.45, 2.75) is 18.2 Å². The second-order valence-corrected chi connectivity index (χ2v) is 6.69. The molecule has 0 spiro atoms. The molecule has 0 unspecified atom stereocenters. The number of carboxylic acids is 1. The standard InChI is InChI=1S/C16H24N2O2S/c1-14-3-5-15(6-4-14)21-12-11-17-7-2-8-18(10-9-17)13-16(19)20/h3-6H,2,7-13H2,1H3,(H,19,20). The molecule has 0 aliphatic carbocycles. The zero-order valence-corrected chi connectivity index (χ0v) is 13.4. The van der Waals surface area contributed by atoms with Crippen molar-refractivity contribution in [1.82, 2.24) is 9.80 Å². The SMILES string of the molecule is Cc1ccc(SCCN2CCCN(CC(=O)O)CC2)cc1. The highest BCUT2D eigenvalue weighted by atomic mass is 32.2. The Morgan fingerprint density at radius 1 is 1.14 bits per heavy atom. The fraction of sp³-hybridized carbons (Fsp3) is 0.562. The van der Waals surface area contributed by atoms with E-state index in [4.69, 9.17) is 5.11 Å². The van der Waals surface area contributed by atoms with Crippen LogP contribution in [0.4, 0.5) is 0 Å². The number of aryl methyl sites for hydroxylation is 1. The first-order chi connectivity index (χ1) is 10.1. The molecule has 0 amide bonds. The number of aliphatic carboxylic acids is 1. The van der Waals surface area contributed by atoms with E-state index in [1.165, 1.54) is 10.5 Å². The molecule has 0 bridgehead atoms. The van der Waals surface area contributed by atoms with Crippen molar-refractivity contribution in [2.24, 2.45) is 0 Å².